The van der Waals surface area contributed by atoms with Crippen LogP contribution in [0.25, 0.3) is 0 Å². The second kappa shape index (κ2) is 6.70. The number of benzene rings is 1. The molecule has 1 nitrogen and oxygen atoms in total. The summed E-state index contributed by atoms with van der Waals surface area (Å²) in [4.78, 5) is 0. The third-order valence-electron chi connectivity index (χ3n) is 3.17. The summed E-state index contributed by atoms with van der Waals surface area (Å²) in [5.41, 5.74) is 1.38. The Morgan fingerprint density at radius 1 is 1.06 bits per heavy atom. The van der Waals surface area contributed by atoms with Gasteiger partial charge in [-0.25, -0.2) is 0 Å². The lowest BCUT2D eigenvalue weighted by molar-refractivity contribution is 0.343. The minimum atomic E-state index is 0.445. The summed E-state index contributed by atoms with van der Waals surface area (Å²) in [5.74, 6) is 0.700. The molecule has 2 atom stereocenters. The average molecular weight is 219 g/mol. The van der Waals surface area contributed by atoms with Gasteiger partial charge in [0.05, 0.1) is 0 Å². The molecule has 1 N–H and O–H groups in total. The number of nitrogens with one attached hydrogen (secondary N) is 1. The number of hydrogen-bond acceptors (Lipinski definition) is 1. The van der Waals surface area contributed by atoms with Crippen LogP contribution in [0.1, 0.15) is 52.1 Å². The van der Waals surface area contributed by atoms with Crippen LogP contribution in [0, 0.1) is 5.92 Å². The highest BCUT2D eigenvalue weighted by molar-refractivity contribution is 5.18. The van der Waals surface area contributed by atoms with Gasteiger partial charge in [0.15, 0.2) is 0 Å². The van der Waals surface area contributed by atoms with Gasteiger partial charge in [0.2, 0.25) is 0 Å². The Hall–Kier alpha value is -0.820. The monoisotopic (exact) mass is 219 g/mol. The van der Waals surface area contributed by atoms with Gasteiger partial charge in [-0.2, -0.15) is 0 Å². The van der Waals surface area contributed by atoms with Crippen molar-refractivity contribution in [2.75, 3.05) is 0 Å². The Morgan fingerprint density at radius 3 is 2.19 bits per heavy atom. The highest BCUT2D eigenvalue weighted by Gasteiger charge is 2.15. The Morgan fingerprint density at radius 2 is 1.69 bits per heavy atom. The Balaban J connectivity index is 2.58. The van der Waals surface area contributed by atoms with Gasteiger partial charge < -0.3 is 5.32 Å². The van der Waals surface area contributed by atoms with E-state index in [4.69, 9.17) is 0 Å². The molecule has 1 aromatic rings. The minimum Gasteiger partial charge on any atom is -0.307 e. The molecule has 0 aliphatic rings. The third kappa shape index (κ3) is 3.97. The van der Waals surface area contributed by atoms with Crippen LogP contribution in [0.15, 0.2) is 30.3 Å². The molecule has 0 fully saturated rings. The molecular weight excluding hydrogens is 194 g/mol. The fraction of sp³-hybridized carbons (Fsp3) is 0.600. The second-order valence-corrected chi connectivity index (χ2v) is 4.94. The molecule has 16 heavy (non-hydrogen) atoms. The van der Waals surface area contributed by atoms with Crippen LogP contribution in [-0.2, 0) is 0 Å². The zero-order chi connectivity index (χ0) is 12.0. The molecule has 0 saturated carbocycles. The summed E-state index contributed by atoms with van der Waals surface area (Å²) >= 11 is 0. The van der Waals surface area contributed by atoms with Crippen LogP contribution < -0.4 is 5.32 Å². The first kappa shape index (κ1) is 13.2. The summed E-state index contributed by atoms with van der Waals surface area (Å²) in [7, 11) is 0. The average Bonchev–Trinajstić information content (AvgIpc) is 2.29. The van der Waals surface area contributed by atoms with Gasteiger partial charge in [-0.15, -0.1) is 0 Å². The van der Waals surface area contributed by atoms with Crippen molar-refractivity contribution in [3.05, 3.63) is 35.9 Å². The van der Waals surface area contributed by atoms with E-state index in [1.54, 1.807) is 0 Å². The van der Waals surface area contributed by atoms with Crippen molar-refractivity contribution in [2.24, 2.45) is 5.92 Å². The molecule has 1 aromatic carbocycles. The lowest BCUT2D eigenvalue weighted by atomic mass is 9.97. The lowest BCUT2D eigenvalue weighted by Crippen LogP contribution is -2.35. The standard InChI is InChI=1S/C15H25N/c1-5-9-15(12(2)3)16-13(4)14-10-7-6-8-11-14/h6-8,10-13,15-16H,5,9H2,1-4H3/t13-,15+/m1/s1. The summed E-state index contributed by atoms with van der Waals surface area (Å²) in [6.07, 6.45) is 2.51. The van der Waals surface area contributed by atoms with Gasteiger partial charge >= 0.3 is 0 Å². The molecule has 90 valence electrons. The van der Waals surface area contributed by atoms with Crippen molar-refractivity contribution in [3.63, 3.8) is 0 Å². The molecule has 0 unspecified atom stereocenters. The maximum Gasteiger partial charge on any atom is 0.0294 e. The van der Waals surface area contributed by atoms with Crippen LogP contribution in [-0.4, -0.2) is 6.04 Å². The maximum atomic E-state index is 3.73. The zero-order valence-electron chi connectivity index (χ0n) is 11.0. The fourth-order valence-electron chi connectivity index (χ4n) is 2.08. The summed E-state index contributed by atoms with van der Waals surface area (Å²) in [6, 6.07) is 11.7. The van der Waals surface area contributed by atoms with Gasteiger partial charge in [-0.1, -0.05) is 57.5 Å². The first-order valence-electron chi connectivity index (χ1n) is 6.46. The third-order valence-corrected chi connectivity index (χ3v) is 3.17. The Kier molecular flexibility index (Phi) is 5.54. The fourth-order valence-corrected chi connectivity index (χ4v) is 2.08. The SMILES string of the molecule is CCC[C@H](N[C@H](C)c1ccccc1)C(C)C. The van der Waals surface area contributed by atoms with Crippen LogP contribution in [0.4, 0.5) is 0 Å². The molecule has 0 aromatic heterocycles. The zero-order valence-corrected chi connectivity index (χ0v) is 11.0. The van der Waals surface area contributed by atoms with E-state index in [0.29, 0.717) is 18.0 Å². The lowest BCUT2D eigenvalue weighted by Gasteiger charge is -2.26. The van der Waals surface area contributed by atoms with Crippen molar-refractivity contribution in [2.45, 2.75) is 52.6 Å². The van der Waals surface area contributed by atoms with E-state index in [2.05, 4.69) is 63.3 Å². The molecule has 0 aliphatic carbocycles. The molecule has 0 spiro atoms. The minimum absolute atomic E-state index is 0.445. The summed E-state index contributed by atoms with van der Waals surface area (Å²) in [6.45, 7) is 9.10. The van der Waals surface area contributed by atoms with Gasteiger partial charge in [0.25, 0.3) is 0 Å². The van der Waals surface area contributed by atoms with E-state index in [1.807, 2.05) is 0 Å². The van der Waals surface area contributed by atoms with Crippen LogP contribution in [0.3, 0.4) is 0 Å². The molecular formula is C15H25N. The van der Waals surface area contributed by atoms with Crippen molar-refractivity contribution >= 4 is 0 Å². The second-order valence-electron chi connectivity index (χ2n) is 4.94. The predicted molar refractivity (Wildman–Crippen MR) is 71.5 cm³/mol. The maximum absolute atomic E-state index is 3.73. The Labute approximate surface area is 100 Å². The number of hydrogen-bond donors (Lipinski definition) is 1. The number of rotatable bonds is 6. The summed E-state index contributed by atoms with van der Waals surface area (Å²) in [5, 5.41) is 3.73. The smallest absolute Gasteiger partial charge is 0.0294 e. The van der Waals surface area contributed by atoms with Crippen molar-refractivity contribution < 1.29 is 0 Å². The van der Waals surface area contributed by atoms with Crippen molar-refractivity contribution in [1.29, 1.82) is 0 Å². The molecule has 0 amide bonds. The van der Waals surface area contributed by atoms with E-state index >= 15 is 0 Å². The topological polar surface area (TPSA) is 12.0 Å². The van der Waals surface area contributed by atoms with Gasteiger partial charge in [0, 0.05) is 12.1 Å². The van der Waals surface area contributed by atoms with Crippen molar-refractivity contribution in [3.8, 4) is 0 Å². The largest absolute Gasteiger partial charge is 0.307 e. The van der Waals surface area contributed by atoms with Crippen LogP contribution in [0.2, 0.25) is 0 Å². The van der Waals surface area contributed by atoms with E-state index in [9.17, 15) is 0 Å². The van der Waals surface area contributed by atoms with Crippen LogP contribution in [0.5, 0.6) is 0 Å². The highest BCUT2D eigenvalue weighted by Crippen LogP contribution is 2.16. The van der Waals surface area contributed by atoms with Gasteiger partial charge in [0.1, 0.15) is 0 Å². The first-order chi connectivity index (χ1) is 7.65. The van der Waals surface area contributed by atoms with E-state index in [1.165, 1.54) is 18.4 Å². The van der Waals surface area contributed by atoms with Crippen molar-refractivity contribution in [1.82, 2.24) is 5.32 Å². The van der Waals surface area contributed by atoms with E-state index in [0.717, 1.165) is 0 Å². The molecule has 0 saturated heterocycles. The molecule has 0 aliphatic heterocycles. The predicted octanol–water partition coefficient (Wildman–Crippen LogP) is 4.16. The normalized spacial score (nSPS) is 15.1. The molecule has 1 rings (SSSR count). The van der Waals surface area contributed by atoms with E-state index < -0.39 is 0 Å². The van der Waals surface area contributed by atoms with E-state index in [-0.39, 0.29) is 0 Å². The summed E-state index contributed by atoms with van der Waals surface area (Å²) < 4.78 is 0. The van der Waals surface area contributed by atoms with Crippen LogP contribution >= 0.6 is 0 Å². The Bertz CT molecular complexity index is 279. The van der Waals surface area contributed by atoms with Gasteiger partial charge in [-0.05, 0) is 24.8 Å². The molecule has 0 radical (unpaired) electrons. The highest BCUT2D eigenvalue weighted by atomic mass is 14.9. The first-order valence-corrected chi connectivity index (χ1v) is 6.46. The quantitative estimate of drug-likeness (QED) is 0.757. The molecule has 0 heterocycles. The molecule has 1 heteroatoms. The molecule has 0 bridgehead atoms. The van der Waals surface area contributed by atoms with Gasteiger partial charge in [-0.3, -0.25) is 0 Å².